The monoisotopic (exact) mass is 471 g/mol. The van der Waals surface area contributed by atoms with E-state index < -0.39 is 10.0 Å². The number of hydrogen-bond acceptors (Lipinski definition) is 6. The molecule has 0 aliphatic heterocycles. The number of sulfonamides is 1. The summed E-state index contributed by atoms with van der Waals surface area (Å²) >= 11 is 1.53. The molecule has 0 bridgehead atoms. The third-order valence-electron chi connectivity index (χ3n) is 5.34. The standard InChI is InChI=1S/C23H25N3O4S2/c1-16-7-13-19(14-8-16)32(28,29)26(2)17-9-11-18(12-10-17)30-15-22(27)25-23-24-20-5-3-4-6-21(20)31-23/h7-14H,3-6,15H2,1-2H3,(H,24,25,27). The lowest BCUT2D eigenvalue weighted by atomic mass is 10.0. The third-order valence-corrected chi connectivity index (χ3v) is 8.21. The highest BCUT2D eigenvalue weighted by Crippen LogP contribution is 2.29. The largest absolute Gasteiger partial charge is 0.484 e. The van der Waals surface area contributed by atoms with E-state index in [0.29, 0.717) is 16.6 Å². The van der Waals surface area contributed by atoms with Crippen molar-refractivity contribution in [1.29, 1.82) is 0 Å². The average Bonchev–Trinajstić information content (AvgIpc) is 3.20. The molecule has 1 N–H and O–H groups in total. The molecule has 0 saturated carbocycles. The summed E-state index contributed by atoms with van der Waals surface area (Å²) < 4.78 is 32.4. The van der Waals surface area contributed by atoms with Crippen LogP contribution < -0.4 is 14.4 Å². The predicted molar refractivity (Wildman–Crippen MR) is 126 cm³/mol. The Hall–Kier alpha value is -2.91. The van der Waals surface area contributed by atoms with Crippen LogP contribution in [0.1, 0.15) is 29.0 Å². The number of carbonyl (C=O) groups is 1. The first-order valence-corrected chi connectivity index (χ1v) is 12.7. The predicted octanol–water partition coefficient (Wildman–Crippen LogP) is 4.17. The molecule has 1 amide bonds. The minimum Gasteiger partial charge on any atom is -0.484 e. The van der Waals surface area contributed by atoms with Crippen molar-refractivity contribution in [2.24, 2.45) is 0 Å². The molecule has 2 aromatic carbocycles. The van der Waals surface area contributed by atoms with Crippen molar-refractivity contribution in [3.05, 3.63) is 64.7 Å². The highest BCUT2D eigenvalue weighted by Gasteiger charge is 2.21. The minimum absolute atomic E-state index is 0.152. The third kappa shape index (κ3) is 4.94. The second-order valence-electron chi connectivity index (χ2n) is 7.71. The Bertz CT molecular complexity index is 1180. The first-order chi connectivity index (χ1) is 15.3. The van der Waals surface area contributed by atoms with E-state index in [1.807, 2.05) is 6.92 Å². The number of thiazole rings is 1. The van der Waals surface area contributed by atoms with Gasteiger partial charge in [-0.15, -0.1) is 11.3 Å². The van der Waals surface area contributed by atoms with E-state index in [4.69, 9.17) is 4.74 Å². The van der Waals surface area contributed by atoms with Crippen molar-refractivity contribution in [2.45, 2.75) is 37.5 Å². The number of benzene rings is 2. The van der Waals surface area contributed by atoms with Gasteiger partial charge in [0.25, 0.3) is 15.9 Å². The maximum atomic E-state index is 12.8. The Morgan fingerprint density at radius 2 is 1.78 bits per heavy atom. The number of nitrogens with one attached hydrogen (secondary N) is 1. The summed E-state index contributed by atoms with van der Waals surface area (Å²) in [7, 11) is -2.15. The average molecular weight is 472 g/mol. The van der Waals surface area contributed by atoms with Gasteiger partial charge in [-0.1, -0.05) is 17.7 Å². The second kappa shape index (κ2) is 9.30. The van der Waals surface area contributed by atoms with E-state index in [9.17, 15) is 13.2 Å². The maximum absolute atomic E-state index is 12.8. The van der Waals surface area contributed by atoms with Crippen LogP contribution in [0.15, 0.2) is 53.4 Å². The molecule has 3 aromatic rings. The molecule has 9 heteroatoms. The number of amides is 1. The maximum Gasteiger partial charge on any atom is 0.264 e. The summed E-state index contributed by atoms with van der Waals surface area (Å²) in [5, 5.41) is 3.41. The molecule has 1 heterocycles. The highest BCUT2D eigenvalue weighted by atomic mass is 32.2. The normalized spacial score (nSPS) is 13.3. The summed E-state index contributed by atoms with van der Waals surface area (Å²) in [4.78, 5) is 18.2. The van der Waals surface area contributed by atoms with Gasteiger partial charge in [0.1, 0.15) is 5.75 Å². The zero-order chi connectivity index (χ0) is 22.7. The number of nitrogens with zero attached hydrogens (tertiary/aromatic N) is 2. The van der Waals surface area contributed by atoms with Gasteiger partial charge in [0, 0.05) is 11.9 Å². The molecule has 7 nitrogen and oxygen atoms in total. The van der Waals surface area contributed by atoms with Gasteiger partial charge < -0.3 is 4.74 Å². The Morgan fingerprint density at radius 1 is 1.09 bits per heavy atom. The van der Waals surface area contributed by atoms with Crippen molar-refractivity contribution in [3.63, 3.8) is 0 Å². The van der Waals surface area contributed by atoms with E-state index in [-0.39, 0.29) is 17.4 Å². The molecule has 168 valence electrons. The molecule has 0 spiro atoms. The van der Waals surface area contributed by atoms with E-state index >= 15 is 0 Å². The molecule has 0 fully saturated rings. The minimum atomic E-state index is -3.66. The van der Waals surface area contributed by atoms with Crippen LogP contribution in [0.4, 0.5) is 10.8 Å². The quantitative estimate of drug-likeness (QED) is 0.559. The zero-order valence-electron chi connectivity index (χ0n) is 18.0. The fourth-order valence-electron chi connectivity index (χ4n) is 3.47. The van der Waals surface area contributed by atoms with Gasteiger partial charge in [-0.05, 0) is 69.0 Å². The van der Waals surface area contributed by atoms with E-state index in [2.05, 4.69) is 10.3 Å². The lowest BCUT2D eigenvalue weighted by molar-refractivity contribution is -0.118. The Morgan fingerprint density at radius 3 is 2.47 bits per heavy atom. The molecule has 0 unspecified atom stereocenters. The Labute approximate surface area is 192 Å². The lowest BCUT2D eigenvalue weighted by Gasteiger charge is -2.20. The number of fused-ring (bicyclic) bond motifs is 1. The second-order valence-corrected chi connectivity index (χ2v) is 10.8. The van der Waals surface area contributed by atoms with Gasteiger partial charge in [0.05, 0.1) is 16.3 Å². The van der Waals surface area contributed by atoms with Crippen LogP contribution in [-0.4, -0.2) is 33.0 Å². The summed E-state index contributed by atoms with van der Waals surface area (Å²) in [5.74, 6) is 0.197. The van der Waals surface area contributed by atoms with Crippen molar-refractivity contribution >= 4 is 38.1 Å². The van der Waals surface area contributed by atoms with Crippen molar-refractivity contribution < 1.29 is 17.9 Å². The summed E-state index contributed by atoms with van der Waals surface area (Å²) in [6.07, 6.45) is 4.31. The Balaban J connectivity index is 1.34. The van der Waals surface area contributed by atoms with Crippen molar-refractivity contribution in [3.8, 4) is 5.75 Å². The Kier molecular flexibility index (Phi) is 6.48. The summed E-state index contributed by atoms with van der Waals surface area (Å²) in [6.45, 7) is 1.75. The first-order valence-electron chi connectivity index (χ1n) is 10.4. The van der Waals surface area contributed by atoms with Crippen LogP contribution >= 0.6 is 11.3 Å². The van der Waals surface area contributed by atoms with Crippen LogP contribution in [0, 0.1) is 6.92 Å². The molecule has 32 heavy (non-hydrogen) atoms. The molecule has 0 saturated heterocycles. The van der Waals surface area contributed by atoms with Crippen molar-refractivity contribution in [1.82, 2.24) is 4.98 Å². The molecular weight excluding hydrogens is 446 g/mol. The SMILES string of the molecule is Cc1ccc(S(=O)(=O)N(C)c2ccc(OCC(=O)Nc3nc4c(s3)CCCC4)cc2)cc1. The fourth-order valence-corrected chi connectivity index (χ4v) is 5.73. The van der Waals surface area contributed by atoms with Gasteiger partial charge in [-0.25, -0.2) is 13.4 Å². The van der Waals surface area contributed by atoms with Crippen LogP contribution in [0.3, 0.4) is 0 Å². The molecule has 0 atom stereocenters. The molecular formula is C23H25N3O4S2. The molecule has 1 aromatic heterocycles. The van der Waals surface area contributed by atoms with Crippen LogP contribution in [-0.2, 0) is 27.7 Å². The van der Waals surface area contributed by atoms with E-state index in [1.165, 1.54) is 34.0 Å². The van der Waals surface area contributed by atoms with Crippen LogP contribution in [0.5, 0.6) is 5.75 Å². The lowest BCUT2D eigenvalue weighted by Crippen LogP contribution is -2.26. The van der Waals surface area contributed by atoms with Gasteiger partial charge in [0.2, 0.25) is 0 Å². The van der Waals surface area contributed by atoms with Crippen LogP contribution in [0.25, 0.3) is 0 Å². The zero-order valence-corrected chi connectivity index (χ0v) is 19.6. The van der Waals surface area contributed by atoms with Gasteiger partial charge in [-0.2, -0.15) is 0 Å². The van der Waals surface area contributed by atoms with Gasteiger partial charge >= 0.3 is 0 Å². The molecule has 1 aliphatic rings. The number of rotatable bonds is 7. The van der Waals surface area contributed by atoms with Gasteiger partial charge in [-0.3, -0.25) is 14.4 Å². The van der Waals surface area contributed by atoms with E-state index in [1.54, 1.807) is 48.5 Å². The summed E-state index contributed by atoms with van der Waals surface area (Å²) in [6, 6.07) is 13.3. The number of carbonyl (C=O) groups excluding carboxylic acids is 1. The number of aryl methyl sites for hydroxylation is 3. The summed E-state index contributed by atoms with van der Waals surface area (Å²) in [5.41, 5.74) is 2.58. The molecule has 4 rings (SSSR count). The number of hydrogen-bond donors (Lipinski definition) is 1. The number of aromatic nitrogens is 1. The number of anilines is 2. The smallest absolute Gasteiger partial charge is 0.264 e. The van der Waals surface area contributed by atoms with Crippen LogP contribution in [0.2, 0.25) is 0 Å². The first kappa shape index (κ1) is 22.3. The highest BCUT2D eigenvalue weighted by molar-refractivity contribution is 7.92. The van der Waals surface area contributed by atoms with Crippen molar-refractivity contribution in [2.75, 3.05) is 23.3 Å². The number of ether oxygens (including phenoxy) is 1. The molecule has 1 aliphatic carbocycles. The topological polar surface area (TPSA) is 88.6 Å². The van der Waals surface area contributed by atoms with E-state index in [0.717, 1.165) is 30.5 Å². The fraction of sp³-hybridized carbons (Fsp3) is 0.304. The molecule has 0 radical (unpaired) electrons. The van der Waals surface area contributed by atoms with Gasteiger partial charge in [0.15, 0.2) is 11.7 Å².